The van der Waals surface area contributed by atoms with E-state index in [2.05, 4.69) is 20.8 Å². The van der Waals surface area contributed by atoms with E-state index in [1.807, 2.05) is 0 Å². The molecule has 1 aromatic heterocycles. The molecule has 1 rings (SSSR count). The molecule has 0 aliphatic rings. The standard InChI is InChI=1S/C10H16O2S/c1-7-8(2)13-9(3)10(7)12-6-5-11-4/h5-6H2,1-4H3. The molecule has 0 aliphatic carbocycles. The molecule has 0 atom stereocenters. The van der Waals surface area contributed by atoms with E-state index >= 15 is 0 Å². The fourth-order valence-electron chi connectivity index (χ4n) is 1.21. The fraction of sp³-hybridized carbons (Fsp3) is 0.600. The van der Waals surface area contributed by atoms with Crippen molar-refractivity contribution < 1.29 is 9.47 Å². The van der Waals surface area contributed by atoms with E-state index in [9.17, 15) is 0 Å². The van der Waals surface area contributed by atoms with Gasteiger partial charge in [0, 0.05) is 22.4 Å². The van der Waals surface area contributed by atoms with E-state index in [4.69, 9.17) is 9.47 Å². The van der Waals surface area contributed by atoms with Gasteiger partial charge in [0.1, 0.15) is 12.4 Å². The number of ether oxygens (including phenoxy) is 2. The maximum absolute atomic E-state index is 5.61. The summed E-state index contributed by atoms with van der Waals surface area (Å²) in [4.78, 5) is 2.59. The van der Waals surface area contributed by atoms with Crippen LogP contribution < -0.4 is 4.74 Å². The molecule has 0 unspecified atom stereocenters. The van der Waals surface area contributed by atoms with Gasteiger partial charge >= 0.3 is 0 Å². The largest absolute Gasteiger partial charge is 0.490 e. The Balaban J connectivity index is 2.64. The second kappa shape index (κ2) is 4.63. The number of methoxy groups -OCH3 is 1. The normalized spacial score (nSPS) is 10.5. The molecule has 13 heavy (non-hydrogen) atoms. The number of hydrogen-bond donors (Lipinski definition) is 0. The monoisotopic (exact) mass is 200 g/mol. The second-order valence-electron chi connectivity index (χ2n) is 3.01. The third-order valence-corrected chi connectivity index (χ3v) is 3.13. The lowest BCUT2D eigenvalue weighted by Crippen LogP contribution is -2.04. The van der Waals surface area contributed by atoms with Crippen LogP contribution in [0.15, 0.2) is 0 Å². The zero-order valence-corrected chi connectivity index (χ0v) is 9.46. The van der Waals surface area contributed by atoms with Crippen LogP contribution in [0.1, 0.15) is 15.3 Å². The van der Waals surface area contributed by atoms with Gasteiger partial charge in [0.05, 0.1) is 6.61 Å². The molecule has 74 valence electrons. The van der Waals surface area contributed by atoms with Crippen LogP contribution in [-0.4, -0.2) is 20.3 Å². The number of hydrogen-bond acceptors (Lipinski definition) is 3. The van der Waals surface area contributed by atoms with E-state index in [1.165, 1.54) is 15.3 Å². The van der Waals surface area contributed by atoms with Crippen LogP contribution in [0.3, 0.4) is 0 Å². The number of rotatable bonds is 4. The van der Waals surface area contributed by atoms with E-state index in [0.29, 0.717) is 13.2 Å². The highest BCUT2D eigenvalue weighted by Crippen LogP contribution is 2.33. The number of thiophene rings is 1. The highest BCUT2D eigenvalue weighted by Gasteiger charge is 2.09. The van der Waals surface area contributed by atoms with Gasteiger partial charge in [0.2, 0.25) is 0 Å². The van der Waals surface area contributed by atoms with Crippen molar-refractivity contribution in [2.45, 2.75) is 20.8 Å². The first-order chi connectivity index (χ1) is 6.16. The van der Waals surface area contributed by atoms with Gasteiger partial charge < -0.3 is 9.47 Å². The van der Waals surface area contributed by atoms with Crippen molar-refractivity contribution in [1.29, 1.82) is 0 Å². The summed E-state index contributed by atoms with van der Waals surface area (Å²) in [7, 11) is 1.68. The Morgan fingerprint density at radius 2 is 1.77 bits per heavy atom. The van der Waals surface area contributed by atoms with Crippen molar-refractivity contribution >= 4 is 11.3 Å². The van der Waals surface area contributed by atoms with Gasteiger partial charge in [-0.2, -0.15) is 0 Å². The van der Waals surface area contributed by atoms with Gasteiger partial charge in [-0.05, 0) is 20.8 Å². The van der Waals surface area contributed by atoms with E-state index in [0.717, 1.165) is 5.75 Å². The summed E-state index contributed by atoms with van der Waals surface area (Å²) >= 11 is 1.79. The van der Waals surface area contributed by atoms with E-state index < -0.39 is 0 Å². The van der Waals surface area contributed by atoms with Gasteiger partial charge in [-0.25, -0.2) is 0 Å². The number of aryl methyl sites for hydroxylation is 2. The Hall–Kier alpha value is -0.540. The summed E-state index contributed by atoms with van der Waals surface area (Å²) in [5, 5.41) is 0. The van der Waals surface area contributed by atoms with Crippen LogP contribution in [0.25, 0.3) is 0 Å². The third-order valence-electron chi connectivity index (χ3n) is 2.03. The van der Waals surface area contributed by atoms with Crippen LogP contribution in [-0.2, 0) is 4.74 Å². The molecule has 0 amide bonds. The third kappa shape index (κ3) is 2.45. The molecule has 0 saturated carbocycles. The van der Waals surface area contributed by atoms with Gasteiger partial charge in [-0.1, -0.05) is 0 Å². The van der Waals surface area contributed by atoms with Crippen LogP contribution in [0.4, 0.5) is 0 Å². The summed E-state index contributed by atoms with van der Waals surface area (Å²) in [6, 6.07) is 0. The molecule has 0 bridgehead atoms. The summed E-state index contributed by atoms with van der Waals surface area (Å²) in [5.74, 6) is 1.04. The average molecular weight is 200 g/mol. The van der Waals surface area contributed by atoms with E-state index in [-0.39, 0.29) is 0 Å². The van der Waals surface area contributed by atoms with Crippen LogP contribution >= 0.6 is 11.3 Å². The molecule has 1 aromatic rings. The van der Waals surface area contributed by atoms with Crippen molar-refractivity contribution in [2.24, 2.45) is 0 Å². The van der Waals surface area contributed by atoms with Gasteiger partial charge in [-0.15, -0.1) is 11.3 Å². The molecular weight excluding hydrogens is 184 g/mol. The molecule has 0 fully saturated rings. The first-order valence-corrected chi connectivity index (χ1v) is 5.16. The lowest BCUT2D eigenvalue weighted by molar-refractivity contribution is 0.146. The molecule has 0 aromatic carbocycles. The highest BCUT2D eigenvalue weighted by molar-refractivity contribution is 7.12. The summed E-state index contributed by atoms with van der Waals surface area (Å²) in [6.45, 7) is 7.59. The molecule has 0 spiro atoms. The Labute approximate surface area is 83.5 Å². The lowest BCUT2D eigenvalue weighted by Gasteiger charge is -2.05. The SMILES string of the molecule is COCCOc1c(C)sc(C)c1C. The topological polar surface area (TPSA) is 18.5 Å². The lowest BCUT2D eigenvalue weighted by atomic mass is 10.2. The molecule has 0 saturated heterocycles. The maximum atomic E-state index is 5.61. The molecule has 1 heterocycles. The Morgan fingerprint density at radius 3 is 2.23 bits per heavy atom. The van der Waals surface area contributed by atoms with Gasteiger partial charge in [-0.3, -0.25) is 0 Å². The van der Waals surface area contributed by atoms with Crippen molar-refractivity contribution in [3.05, 3.63) is 15.3 Å². The minimum Gasteiger partial charge on any atom is -0.490 e. The second-order valence-corrected chi connectivity index (χ2v) is 4.44. The van der Waals surface area contributed by atoms with Crippen molar-refractivity contribution in [2.75, 3.05) is 20.3 Å². The molecule has 0 radical (unpaired) electrons. The first kappa shape index (κ1) is 10.5. The Kier molecular flexibility index (Phi) is 3.75. The van der Waals surface area contributed by atoms with Crippen LogP contribution in [0.5, 0.6) is 5.75 Å². The quantitative estimate of drug-likeness (QED) is 0.696. The molecule has 0 N–H and O–H groups in total. The molecule has 2 nitrogen and oxygen atoms in total. The average Bonchev–Trinajstić information content (AvgIpc) is 2.32. The van der Waals surface area contributed by atoms with Gasteiger partial charge in [0.25, 0.3) is 0 Å². The summed E-state index contributed by atoms with van der Waals surface area (Å²) < 4.78 is 10.5. The Bertz CT molecular complexity index is 279. The minimum atomic E-state index is 0.633. The van der Waals surface area contributed by atoms with Crippen LogP contribution in [0, 0.1) is 20.8 Å². The predicted molar refractivity (Wildman–Crippen MR) is 55.9 cm³/mol. The van der Waals surface area contributed by atoms with Crippen LogP contribution in [0.2, 0.25) is 0 Å². The zero-order valence-electron chi connectivity index (χ0n) is 8.64. The minimum absolute atomic E-state index is 0.633. The van der Waals surface area contributed by atoms with Crippen molar-refractivity contribution in [3.8, 4) is 5.75 Å². The first-order valence-electron chi connectivity index (χ1n) is 4.35. The maximum Gasteiger partial charge on any atom is 0.136 e. The van der Waals surface area contributed by atoms with Crippen molar-refractivity contribution in [3.63, 3.8) is 0 Å². The molecule has 3 heteroatoms. The van der Waals surface area contributed by atoms with E-state index in [1.54, 1.807) is 18.4 Å². The summed E-state index contributed by atoms with van der Waals surface area (Å²) in [5.41, 5.74) is 1.26. The molecular formula is C10H16O2S. The zero-order chi connectivity index (χ0) is 9.84. The molecule has 0 aliphatic heterocycles. The van der Waals surface area contributed by atoms with Gasteiger partial charge in [0.15, 0.2) is 0 Å². The highest BCUT2D eigenvalue weighted by atomic mass is 32.1. The Morgan fingerprint density at radius 1 is 1.08 bits per heavy atom. The summed E-state index contributed by atoms with van der Waals surface area (Å²) in [6.07, 6.45) is 0. The fourth-order valence-corrected chi connectivity index (χ4v) is 2.22. The van der Waals surface area contributed by atoms with Crippen molar-refractivity contribution in [1.82, 2.24) is 0 Å². The predicted octanol–water partition coefficient (Wildman–Crippen LogP) is 2.70. The smallest absolute Gasteiger partial charge is 0.136 e.